The molecule has 0 fully saturated rings. The van der Waals surface area contributed by atoms with Crippen LogP contribution >= 0.6 is 0 Å². The zero-order chi connectivity index (χ0) is 11.4. The summed E-state index contributed by atoms with van der Waals surface area (Å²) in [4.78, 5) is 12.2. The lowest BCUT2D eigenvalue weighted by molar-refractivity contribution is -0.384. The summed E-state index contributed by atoms with van der Waals surface area (Å²) in [6.45, 7) is 1.76. The van der Waals surface area contributed by atoms with Gasteiger partial charge in [0.2, 0.25) is 0 Å². The van der Waals surface area contributed by atoms with Crippen LogP contribution in [0.3, 0.4) is 0 Å². The smallest absolute Gasteiger partial charge is 0.269 e. The molecule has 0 aromatic heterocycles. The Morgan fingerprint density at radius 1 is 1.38 bits per heavy atom. The minimum absolute atomic E-state index is 0.145. The average Bonchev–Trinajstić information content (AvgIpc) is 2.80. The molecule has 0 aliphatic carbocycles. The second-order valence-electron chi connectivity index (χ2n) is 3.66. The first kappa shape index (κ1) is 10.5. The van der Waals surface area contributed by atoms with Crippen molar-refractivity contribution in [3.63, 3.8) is 0 Å². The SMILES string of the molecule is O=[N+]([O-])c1ccc(CCN2C=CNC2)cc1. The fraction of sp³-hybridized carbons (Fsp3) is 0.273. The lowest BCUT2D eigenvalue weighted by Gasteiger charge is -2.14. The van der Waals surface area contributed by atoms with E-state index in [-0.39, 0.29) is 10.6 Å². The maximum absolute atomic E-state index is 10.5. The van der Waals surface area contributed by atoms with Gasteiger partial charge in [-0.15, -0.1) is 0 Å². The second-order valence-corrected chi connectivity index (χ2v) is 3.66. The van der Waals surface area contributed by atoms with Gasteiger partial charge in [-0.3, -0.25) is 10.1 Å². The summed E-state index contributed by atoms with van der Waals surface area (Å²) >= 11 is 0. The molecule has 5 nitrogen and oxygen atoms in total. The Bertz CT molecular complexity index is 400. The van der Waals surface area contributed by atoms with Gasteiger partial charge in [-0.2, -0.15) is 0 Å². The van der Waals surface area contributed by atoms with E-state index < -0.39 is 0 Å². The Balaban J connectivity index is 1.89. The predicted molar refractivity (Wildman–Crippen MR) is 60.6 cm³/mol. The third-order valence-electron chi connectivity index (χ3n) is 2.53. The number of rotatable bonds is 4. The zero-order valence-electron chi connectivity index (χ0n) is 8.80. The number of nitro groups is 1. The molecule has 1 aromatic carbocycles. The van der Waals surface area contributed by atoms with Crippen molar-refractivity contribution < 1.29 is 4.92 Å². The van der Waals surface area contributed by atoms with Gasteiger partial charge < -0.3 is 10.2 Å². The summed E-state index contributed by atoms with van der Waals surface area (Å²) in [6, 6.07) is 6.72. The average molecular weight is 219 g/mol. The zero-order valence-corrected chi connectivity index (χ0v) is 8.80. The number of hydrogen-bond donors (Lipinski definition) is 1. The lowest BCUT2D eigenvalue weighted by atomic mass is 10.1. The molecule has 0 amide bonds. The van der Waals surface area contributed by atoms with E-state index in [9.17, 15) is 10.1 Å². The quantitative estimate of drug-likeness (QED) is 0.615. The fourth-order valence-corrected chi connectivity index (χ4v) is 1.59. The molecule has 0 spiro atoms. The van der Waals surface area contributed by atoms with Crippen LogP contribution in [0.4, 0.5) is 5.69 Å². The molecule has 1 aliphatic heterocycles. The maximum atomic E-state index is 10.5. The van der Waals surface area contributed by atoms with Crippen LogP contribution in [-0.4, -0.2) is 23.0 Å². The topological polar surface area (TPSA) is 58.4 Å². The Morgan fingerprint density at radius 3 is 2.69 bits per heavy atom. The molecule has 1 heterocycles. The van der Waals surface area contributed by atoms with Gasteiger partial charge in [0, 0.05) is 31.1 Å². The van der Waals surface area contributed by atoms with Crippen LogP contribution in [0.15, 0.2) is 36.7 Å². The highest BCUT2D eigenvalue weighted by molar-refractivity contribution is 5.32. The van der Waals surface area contributed by atoms with Crippen LogP contribution in [0.1, 0.15) is 5.56 Å². The summed E-state index contributed by atoms with van der Waals surface area (Å²) in [7, 11) is 0. The molecule has 0 saturated heterocycles. The van der Waals surface area contributed by atoms with Crippen LogP contribution in [0.2, 0.25) is 0 Å². The molecule has 0 unspecified atom stereocenters. The van der Waals surface area contributed by atoms with Crippen LogP contribution in [0.25, 0.3) is 0 Å². The van der Waals surface area contributed by atoms with Crippen molar-refractivity contribution in [3.8, 4) is 0 Å². The third-order valence-corrected chi connectivity index (χ3v) is 2.53. The summed E-state index contributed by atoms with van der Waals surface area (Å²) in [5.74, 6) is 0. The Labute approximate surface area is 93.5 Å². The molecule has 5 heteroatoms. The highest BCUT2D eigenvalue weighted by atomic mass is 16.6. The molecule has 16 heavy (non-hydrogen) atoms. The van der Waals surface area contributed by atoms with Gasteiger partial charge in [0.05, 0.1) is 11.6 Å². The van der Waals surface area contributed by atoms with Crippen LogP contribution in [-0.2, 0) is 6.42 Å². The summed E-state index contributed by atoms with van der Waals surface area (Å²) in [6.07, 6.45) is 4.81. The normalized spacial score (nSPS) is 13.9. The number of nitrogens with zero attached hydrogens (tertiary/aromatic N) is 2. The molecular weight excluding hydrogens is 206 g/mol. The summed E-state index contributed by atoms with van der Waals surface area (Å²) in [5, 5.41) is 13.5. The molecule has 1 aliphatic rings. The van der Waals surface area contributed by atoms with Crippen molar-refractivity contribution in [1.29, 1.82) is 0 Å². The first-order valence-corrected chi connectivity index (χ1v) is 5.13. The van der Waals surface area contributed by atoms with E-state index in [4.69, 9.17) is 0 Å². The van der Waals surface area contributed by atoms with Crippen LogP contribution in [0.5, 0.6) is 0 Å². The minimum Gasteiger partial charge on any atom is -0.373 e. The monoisotopic (exact) mass is 219 g/mol. The highest BCUT2D eigenvalue weighted by Crippen LogP contribution is 2.12. The van der Waals surface area contributed by atoms with Gasteiger partial charge in [-0.05, 0) is 12.0 Å². The van der Waals surface area contributed by atoms with Crippen LogP contribution in [0, 0.1) is 10.1 Å². The van der Waals surface area contributed by atoms with E-state index in [0.29, 0.717) is 0 Å². The highest BCUT2D eigenvalue weighted by Gasteiger charge is 2.06. The third kappa shape index (κ3) is 2.50. The molecule has 0 bridgehead atoms. The molecule has 0 radical (unpaired) electrons. The molecule has 1 N–H and O–H groups in total. The van der Waals surface area contributed by atoms with Gasteiger partial charge in [0.1, 0.15) is 0 Å². The molecule has 1 aromatic rings. The van der Waals surface area contributed by atoms with Crippen molar-refractivity contribution >= 4 is 5.69 Å². The Morgan fingerprint density at radius 2 is 2.12 bits per heavy atom. The van der Waals surface area contributed by atoms with E-state index >= 15 is 0 Å². The molecule has 0 saturated carbocycles. The lowest BCUT2D eigenvalue weighted by Crippen LogP contribution is -2.22. The Hall–Kier alpha value is -2.04. The number of nitrogens with one attached hydrogen (secondary N) is 1. The standard InChI is InChI=1S/C11H13N3O2/c15-14(16)11-3-1-10(2-4-11)5-7-13-8-6-12-9-13/h1-4,6,8,12H,5,7,9H2. The number of non-ortho nitro benzene ring substituents is 1. The fourth-order valence-electron chi connectivity index (χ4n) is 1.59. The van der Waals surface area contributed by atoms with Gasteiger partial charge in [-0.1, -0.05) is 12.1 Å². The van der Waals surface area contributed by atoms with E-state index in [1.165, 1.54) is 0 Å². The van der Waals surface area contributed by atoms with Gasteiger partial charge in [0.25, 0.3) is 5.69 Å². The molecule has 84 valence electrons. The molecule has 2 rings (SSSR count). The van der Waals surface area contributed by atoms with Crippen molar-refractivity contribution in [2.45, 2.75) is 6.42 Å². The van der Waals surface area contributed by atoms with Gasteiger partial charge >= 0.3 is 0 Å². The molecule has 0 atom stereocenters. The van der Waals surface area contributed by atoms with Crippen molar-refractivity contribution in [1.82, 2.24) is 10.2 Å². The van der Waals surface area contributed by atoms with Crippen LogP contribution < -0.4 is 5.32 Å². The van der Waals surface area contributed by atoms with Gasteiger partial charge in [0.15, 0.2) is 0 Å². The second kappa shape index (κ2) is 4.65. The predicted octanol–water partition coefficient (Wildman–Crippen LogP) is 1.47. The summed E-state index contributed by atoms with van der Waals surface area (Å²) in [5.41, 5.74) is 1.26. The van der Waals surface area contributed by atoms with E-state index in [2.05, 4.69) is 10.2 Å². The van der Waals surface area contributed by atoms with E-state index in [1.807, 2.05) is 24.5 Å². The summed E-state index contributed by atoms with van der Waals surface area (Å²) < 4.78 is 0. The van der Waals surface area contributed by atoms with E-state index in [1.54, 1.807) is 12.1 Å². The van der Waals surface area contributed by atoms with E-state index in [0.717, 1.165) is 25.2 Å². The van der Waals surface area contributed by atoms with Crippen molar-refractivity contribution in [3.05, 3.63) is 52.3 Å². The maximum Gasteiger partial charge on any atom is 0.269 e. The molecular formula is C11H13N3O2. The first-order chi connectivity index (χ1) is 7.75. The number of hydrogen-bond acceptors (Lipinski definition) is 4. The van der Waals surface area contributed by atoms with Gasteiger partial charge in [-0.25, -0.2) is 0 Å². The Kier molecular flexibility index (Phi) is 3.05. The van der Waals surface area contributed by atoms with Crippen molar-refractivity contribution in [2.75, 3.05) is 13.2 Å². The first-order valence-electron chi connectivity index (χ1n) is 5.13. The minimum atomic E-state index is -0.378. The number of benzene rings is 1. The number of nitro benzene ring substituents is 1. The van der Waals surface area contributed by atoms with Crippen molar-refractivity contribution in [2.24, 2.45) is 0 Å². The largest absolute Gasteiger partial charge is 0.373 e.